The zero-order valence-corrected chi connectivity index (χ0v) is 19.1. The topological polar surface area (TPSA) is 129 Å². The number of hydrogen-bond donors (Lipinski definition) is 2. The van der Waals surface area contributed by atoms with Gasteiger partial charge in [-0.25, -0.2) is 18.1 Å². The third-order valence-corrected chi connectivity index (χ3v) is 6.67. The van der Waals surface area contributed by atoms with Crippen molar-refractivity contribution >= 4 is 32.5 Å². The Labute approximate surface area is 200 Å². The van der Waals surface area contributed by atoms with Crippen LogP contribution in [-0.2, 0) is 10.0 Å². The fourth-order valence-electron chi connectivity index (χ4n) is 3.57. The first-order chi connectivity index (χ1) is 16.9. The largest absolute Gasteiger partial charge is 0.490 e. The van der Waals surface area contributed by atoms with Gasteiger partial charge in [-0.2, -0.15) is 0 Å². The van der Waals surface area contributed by atoms with Gasteiger partial charge in [0.1, 0.15) is 6.33 Å². The van der Waals surface area contributed by atoms with Gasteiger partial charge in [0.05, 0.1) is 29.0 Å². The lowest BCUT2D eigenvalue weighted by Gasteiger charge is -2.13. The highest BCUT2D eigenvalue weighted by Gasteiger charge is 2.20. The Hall–Kier alpha value is -4.38. The lowest BCUT2D eigenvalue weighted by atomic mass is 10.2. The van der Waals surface area contributed by atoms with E-state index >= 15 is 0 Å². The van der Waals surface area contributed by atoms with Gasteiger partial charge in [0.2, 0.25) is 0 Å². The average molecular weight is 493 g/mol. The molecule has 10 nitrogen and oxygen atoms in total. The van der Waals surface area contributed by atoms with Crippen LogP contribution in [-0.4, -0.2) is 37.2 Å². The van der Waals surface area contributed by atoms with Crippen molar-refractivity contribution in [1.29, 1.82) is 0 Å². The Morgan fingerprint density at radius 2 is 1.74 bits per heavy atom. The van der Waals surface area contributed by atoms with E-state index in [1.165, 1.54) is 42.7 Å². The molecule has 178 valence electrons. The third-order valence-electron chi connectivity index (χ3n) is 5.29. The van der Waals surface area contributed by atoms with Crippen LogP contribution in [0.3, 0.4) is 0 Å². The number of carbonyl (C=O) groups is 1. The number of nitrogens with zero attached hydrogens (tertiary/aromatic N) is 2. The van der Waals surface area contributed by atoms with Crippen molar-refractivity contribution in [2.75, 3.05) is 23.4 Å². The number of para-hydroxylation sites is 1. The molecule has 3 aromatic carbocycles. The summed E-state index contributed by atoms with van der Waals surface area (Å²) in [6.07, 6.45) is 1.92. The summed E-state index contributed by atoms with van der Waals surface area (Å²) >= 11 is 0. The standard InChI is InChI=1S/C24H20N4O6S/c29-23(26-28-15-25-20-8-2-1-7-19(20)24(28)30)16-5-3-6-17(13-16)27-35(31,32)18-9-10-21-22(14-18)34-12-4-11-33-21/h1-3,5-10,13-15,27H,4,11-12H2,(H,26,29). The van der Waals surface area contributed by atoms with Gasteiger partial charge in [-0.15, -0.1) is 0 Å². The first-order valence-electron chi connectivity index (χ1n) is 10.7. The molecule has 1 amide bonds. The van der Waals surface area contributed by atoms with Gasteiger partial charge >= 0.3 is 0 Å². The van der Waals surface area contributed by atoms with E-state index in [0.29, 0.717) is 42.0 Å². The molecule has 4 aromatic rings. The molecule has 0 unspecified atom stereocenters. The molecule has 0 saturated heterocycles. The van der Waals surface area contributed by atoms with Gasteiger partial charge < -0.3 is 9.47 Å². The van der Waals surface area contributed by atoms with Crippen molar-refractivity contribution in [3.05, 3.63) is 89.0 Å². The molecular formula is C24H20N4O6S. The van der Waals surface area contributed by atoms with Gasteiger partial charge in [0.25, 0.3) is 21.5 Å². The Kier molecular flexibility index (Phi) is 5.83. The third kappa shape index (κ3) is 4.66. The molecule has 1 aliphatic heterocycles. The van der Waals surface area contributed by atoms with Gasteiger partial charge in [-0.1, -0.05) is 18.2 Å². The molecule has 2 N–H and O–H groups in total. The lowest BCUT2D eigenvalue weighted by Crippen LogP contribution is -2.33. The summed E-state index contributed by atoms with van der Waals surface area (Å²) in [4.78, 5) is 29.6. The number of carbonyl (C=O) groups excluding carboxylic acids is 1. The Bertz CT molecular complexity index is 1600. The van der Waals surface area contributed by atoms with Crippen molar-refractivity contribution in [3.63, 3.8) is 0 Å². The van der Waals surface area contributed by atoms with E-state index in [-0.39, 0.29) is 16.1 Å². The minimum absolute atomic E-state index is 0.00889. The number of nitrogens with one attached hydrogen (secondary N) is 2. The predicted molar refractivity (Wildman–Crippen MR) is 129 cm³/mol. The van der Waals surface area contributed by atoms with E-state index in [0.717, 1.165) is 4.68 Å². The summed E-state index contributed by atoms with van der Waals surface area (Å²) < 4.78 is 40.5. The van der Waals surface area contributed by atoms with E-state index in [4.69, 9.17) is 9.47 Å². The monoisotopic (exact) mass is 492 g/mol. The minimum atomic E-state index is -3.97. The number of sulfonamides is 1. The molecule has 0 saturated carbocycles. The fraction of sp³-hybridized carbons (Fsp3) is 0.125. The highest BCUT2D eigenvalue weighted by Crippen LogP contribution is 2.32. The summed E-state index contributed by atoms with van der Waals surface area (Å²) in [6, 6.07) is 17.1. The number of hydrogen-bond acceptors (Lipinski definition) is 7. The van der Waals surface area contributed by atoms with Crippen molar-refractivity contribution in [2.24, 2.45) is 0 Å². The number of benzene rings is 3. The maximum Gasteiger partial charge on any atom is 0.280 e. The maximum absolute atomic E-state index is 13.0. The number of aromatic nitrogens is 2. The van der Waals surface area contributed by atoms with Crippen LogP contribution in [0.2, 0.25) is 0 Å². The second-order valence-corrected chi connectivity index (χ2v) is 9.41. The molecule has 0 atom stereocenters. The highest BCUT2D eigenvalue weighted by molar-refractivity contribution is 7.92. The van der Waals surface area contributed by atoms with Crippen LogP contribution in [0.25, 0.3) is 10.9 Å². The molecule has 35 heavy (non-hydrogen) atoms. The molecular weight excluding hydrogens is 472 g/mol. The fourth-order valence-corrected chi connectivity index (χ4v) is 4.64. The smallest absolute Gasteiger partial charge is 0.280 e. The molecule has 2 heterocycles. The van der Waals surface area contributed by atoms with E-state index in [1.54, 1.807) is 30.3 Å². The van der Waals surface area contributed by atoms with Crippen molar-refractivity contribution in [3.8, 4) is 11.5 Å². The zero-order valence-electron chi connectivity index (χ0n) is 18.3. The number of fused-ring (bicyclic) bond motifs is 2. The van der Waals surface area contributed by atoms with Crippen molar-refractivity contribution in [1.82, 2.24) is 9.66 Å². The van der Waals surface area contributed by atoms with Crippen molar-refractivity contribution < 1.29 is 22.7 Å². The van der Waals surface area contributed by atoms with Crippen LogP contribution in [0.4, 0.5) is 5.69 Å². The van der Waals surface area contributed by atoms with Gasteiger partial charge in [-0.3, -0.25) is 19.7 Å². The van der Waals surface area contributed by atoms with Crippen LogP contribution in [0, 0.1) is 0 Å². The first-order valence-corrected chi connectivity index (χ1v) is 12.2. The molecule has 0 spiro atoms. The Morgan fingerprint density at radius 1 is 0.943 bits per heavy atom. The second kappa shape index (κ2) is 9.11. The summed E-state index contributed by atoms with van der Waals surface area (Å²) in [7, 11) is -3.97. The second-order valence-electron chi connectivity index (χ2n) is 7.72. The molecule has 1 aliphatic rings. The number of amides is 1. The summed E-state index contributed by atoms with van der Waals surface area (Å²) in [5, 5.41) is 0.354. The SMILES string of the molecule is O=C(Nn1cnc2ccccc2c1=O)c1cccc(NS(=O)(=O)c2ccc3c(c2)OCCCO3)c1. The lowest BCUT2D eigenvalue weighted by molar-refractivity contribution is 0.101. The van der Waals surface area contributed by atoms with Crippen LogP contribution < -0.4 is 25.2 Å². The predicted octanol–water partition coefficient (Wildman–Crippen LogP) is 2.74. The first kappa shape index (κ1) is 22.4. The quantitative estimate of drug-likeness (QED) is 0.438. The number of ether oxygens (including phenoxy) is 2. The number of rotatable bonds is 5. The summed E-state index contributed by atoms with van der Waals surface area (Å²) in [5.41, 5.74) is 2.87. The molecule has 0 radical (unpaired) electrons. The van der Waals surface area contributed by atoms with Crippen molar-refractivity contribution in [2.45, 2.75) is 11.3 Å². The van der Waals surface area contributed by atoms with Crippen LogP contribution in [0.15, 0.2) is 82.7 Å². The van der Waals surface area contributed by atoms with Crippen LogP contribution >= 0.6 is 0 Å². The Morgan fingerprint density at radius 3 is 2.60 bits per heavy atom. The van der Waals surface area contributed by atoms with Crippen LogP contribution in [0.5, 0.6) is 11.5 Å². The molecule has 11 heteroatoms. The maximum atomic E-state index is 13.0. The van der Waals surface area contributed by atoms with Gasteiger partial charge in [0, 0.05) is 23.7 Å². The van der Waals surface area contributed by atoms with Crippen LogP contribution in [0.1, 0.15) is 16.8 Å². The molecule has 0 aliphatic carbocycles. The Balaban J connectivity index is 1.36. The normalized spacial score (nSPS) is 13.1. The van der Waals surface area contributed by atoms with E-state index in [2.05, 4.69) is 15.1 Å². The molecule has 0 fully saturated rings. The average Bonchev–Trinajstić information content (AvgIpc) is 3.11. The van der Waals surface area contributed by atoms with Gasteiger partial charge in [-0.05, 0) is 42.5 Å². The molecule has 1 aromatic heterocycles. The summed E-state index contributed by atoms with van der Waals surface area (Å²) in [6.45, 7) is 0.921. The highest BCUT2D eigenvalue weighted by atomic mass is 32.2. The molecule has 5 rings (SSSR count). The zero-order chi connectivity index (χ0) is 24.4. The summed E-state index contributed by atoms with van der Waals surface area (Å²) in [5.74, 6) is 0.229. The minimum Gasteiger partial charge on any atom is -0.490 e. The van der Waals surface area contributed by atoms with E-state index in [1.807, 2.05) is 0 Å². The molecule has 0 bridgehead atoms. The van der Waals surface area contributed by atoms with Gasteiger partial charge in [0.15, 0.2) is 11.5 Å². The van der Waals surface area contributed by atoms with E-state index in [9.17, 15) is 18.0 Å². The number of anilines is 1. The van der Waals surface area contributed by atoms with E-state index < -0.39 is 21.5 Å².